The van der Waals surface area contributed by atoms with Crippen LogP contribution in [-0.2, 0) is 14.3 Å². The van der Waals surface area contributed by atoms with Crippen LogP contribution < -0.4 is 4.90 Å². The molecule has 0 radical (unpaired) electrons. The summed E-state index contributed by atoms with van der Waals surface area (Å²) in [7, 11) is 1.59. The van der Waals surface area contributed by atoms with Crippen LogP contribution in [0.15, 0.2) is 42.5 Å². The molecule has 0 aromatic heterocycles. The molecule has 1 saturated heterocycles. The van der Waals surface area contributed by atoms with E-state index in [2.05, 4.69) is 0 Å². The summed E-state index contributed by atoms with van der Waals surface area (Å²) in [5, 5.41) is 0. The van der Waals surface area contributed by atoms with Gasteiger partial charge in [0, 0.05) is 33.2 Å². The Labute approximate surface area is 207 Å². The fraction of sp³-hybridized carbons (Fsp3) is 0.464. The number of benzene rings is 2. The topological polar surface area (TPSA) is 70.2 Å². The maximum absolute atomic E-state index is 13.8. The maximum atomic E-state index is 13.8. The first-order valence-corrected chi connectivity index (χ1v) is 12.2. The first-order valence-electron chi connectivity index (χ1n) is 12.2. The highest BCUT2D eigenvalue weighted by Crippen LogP contribution is 2.34. The van der Waals surface area contributed by atoms with Gasteiger partial charge in [0.15, 0.2) is 0 Å². The third-order valence-corrected chi connectivity index (χ3v) is 6.65. The van der Waals surface area contributed by atoms with Crippen LogP contribution in [0.3, 0.4) is 0 Å². The number of rotatable bonds is 5. The van der Waals surface area contributed by atoms with Crippen molar-refractivity contribution in [2.75, 3.05) is 44.8 Å². The van der Waals surface area contributed by atoms with Crippen molar-refractivity contribution in [2.24, 2.45) is 5.41 Å². The van der Waals surface area contributed by atoms with Gasteiger partial charge in [0.2, 0.25) is 5.91 Å². The van der Waals surface area contributed by atoms with E-state index < -0.39 is 6.04 Å². The molecule has 0 spiro atoms. The van der Waals surface area contributed by atoms with E-state index in [9.17, 15) is 14.4 Å². The predicted molar refractivity (Wildman–Crippen MR) is 136 cm³/mol. The third-order valence-electron chi connectivity index (χ3n) is 6.65. The van der Waals surface area contributed by atoms with Crippen LogP contribution in [0.2, 0.25) is 0 Å². The molecule has 2 aliphatic heterocycles. The zero-order valence-electron chi connectivity index (χ0n) is 21.3. The van der Waals surface area contributed by atoms with E-state index >= 15 is 0 Å². The Hall–Kier alpha value is -3.19. The Kier molecular flexibility index (Phi) is 6.99. The minimum absolute atomic E-state index is 0.0178. The molecular weight excluding hydrogens is 442 g/mol. The highest BCUT2D eigenvalue weighted by atomic mass is 16.5. The van der Waals surface area contributed by atoms with E-state index in [4.69, 9.17) is 4.74 Å². The van der Waals surface area contributed by atoms with E-state index in [0.717, 1.165) is 16.7 Å². The number of hydrogen-bond acceptors (Lipinski definition) is 4. The molecule has 1 atom stereocenters. The molecule has 1 fully saturated rings. The molecule has 0 saturated carbocycles. The zero-order chi connectivity index (χ0) is 25.3. The van der Waals surface area contributed by atoms with E-state index in [1.807, 2.05) is 70.2 Å². The van der Waals surface area contributed by atoms with Crippen molar-refractivity contribution < 1.29 is 19.1 Å². The summed E-state index contributed by atoms with van der Waals surface area (Å²) >= 11 is 0. The summed E-state index contributed by atoms with van der Waals surface area (Å²) in [4.78, 5) is 45.5. The SMILES string of the molecule is COCCN1C(=O)C2CN(C(=O)CC(C)(C)C)CCN2C(=O)c2cc(-c3ccc(C)cc3)ccc21. The van der Waals surface area contributed by atoms with Crippen molar-refractivity contribution in [3.8, 4) is 11.1 Å². The normalized spacial score (nSPS) is 18.3. The molecule has 0 bridgehead atoms. The summed E-state index contributed by atoms with van der Waals surface area (Å²) in [6, 6.07) is 13.1. The van der Waals surface area contributed by atoms with Gasteiger partial charge in [0.1, 0.15) is 6.04 Å². The molecule has 0 aliphatic carbocycles. The summed E-state index contributed by atoms with van der Waals surface area (Å²) in [6.07, 6.45) is 0.398. The molecule has 4 rings (SSSR count). The molecule has 2 aromatic carbocycles. The third kappa shape index (κ3) is 5.25. The lowest BCUT2D eigenvalue weighted by Gasteiger charge is -2.41. The van der Waals surface area contributed by atoms with Gasteiger partial charge in [-0.3, -0.25) is 14.4 Å². The van der Waals surface area contributed by atoms with E-state index in [1.165, 1.54) is 0 Å². The molecule has 3 amide bonds. The first kappa shape index (κ1) is 24.9. The van der Waals surface area contributed by atoms with Gasteiger partial charge in [-0.05, 0) is 35.6 Å². The number of carbonyl (C=O) groups is 3. The molecule has 35 heavy (non-hydrogen) atoms. The largest absolute Gasteiger partial charge is 0.383 e. The van der Waals surface area contributed by atoms with Gasteiger partial charge in [-0.25, -0.2) is 0 Å². The van der Waals surface area contributed by atoms with Gasteiger partial charge >= 0.3 is 0 Å². The lowest BCUT2D eigenvalue weighted by Crippen LogP contribution is -2.61. The van der Waals surface area contributed by atoms with Gasteiger partial charge in [0.05, 0.1) is 24.4 Å². The Morgan fingerprint density at radius 3 is 2.37 bits per heavy atom. The number of aryl methyl sites for hydroxylation is 1. The number of carbonyl (C=O) groups excluding carboxylic acids is 3. The second-order valence-electron chi connectivity index (χ2n) is 10.7. The molecule has 7 nitrogen and oxygen atoms in total. The van der Waals surface area contributed by atoms with Crippen LogP contribution in [-0.4, -0.2) is 73.5 Å². The second kappa shape index (κ2) is 9.82. The Morgan fingerprint density at radius 2 is 1.71 bits per heavy atom. The van der Waals surface area contributed by atoms with Gasteiger partial charge in [0.25, 0.3) is 11.8 Å². The number of methoxy groups -OCH3 is 1. The summed E-state index contributed by atoms with van der Waals surface area (Å²) < 4.78 is 5.27. The zero-order valence-corrected chi connectivity index (χ0v) is 21.3. The van der Waals surface area contributed by atoms with Gasteiger partial charge in [-0.15, -0.1) is 0 Å². The summed E-state index contributed by atoms with van der Waals surface area (Å²) in [5.41, 5.74) is 4.05. The number of amides is 3. The average molecular weight is 478 g/mol. The van der Waals surface area contributed by atoms with Crippen LogP contribution in [0, 0.1) is 12.3 Å². The fourth-order valence-corrected chi connectivity index (χ4v) is 4.76. The number of anilines is 1. The van der Waals surface area contributed by atoms with E-state index in [1.54, 1.807) is 21.8 Å². The van der Waals surface area contributed by atoms with Crippen molar-refractivity contribution >= 4 is 23.4 Å². The molecule has 0 N–H and O–H groups in total. The average Bonchev–Trinajstić information content (AvgIpc) is 2.90. The molecule has 2 aliphatic rings. The monoisotopic (exact) mass is 477 g/mol. The first-order chi connectivity index (χ1) is 16.6. The minimum atomic E-state index is -0.716. The van der Waals surface area contributed by atoms with Gasteiger partial charge in [-0.1, -0.05) is 56.7 Å². The molecule has 2 aromatic rings. The van der Waals surface area contributed by atoms with Crippen molar-refractivity contribution in [1.82, 2.24) is 9.80 Å². The Bertz CT molecular complexity index is 1120. The van der Waals surface area contributed by atoms with Crippen LogP contribution in [0.5, 0.6) is 0 Å². The van der Waals surface area contributed by atoms with Crippen molar-refractivity contribution in [1.29, 1.82) is 0 Å². The van der Waals surface area contributed by atoms with Gasteiger partial charge in [-0.2, -0.15) is 0 Å². The lowest BCUT2D eigenvalue weighted by atomic mass is 9.91. The quantitative estimate of drug-likeness (QED) is 0.658. The van der Waals surface area contributed by atoms with Crippen LogP contribution in [0.4, 0.5) is 5.69 Å². The van der Waals surface area contributed by atoms with Crippen molar-refractivity contribution in [2.45, 2.75) is 40.2 Å². The Balaban J connectivity index is 1.70. The fourth-order valence-electron chi connectivity index (χ4n) is 4.76. The second-order valence-corrected chi connectivity index (χ2v) is 10.7. The lowest BCUT2D eigenvalue weighted by molar-refractivity contribution is -0.137. The predicted octanol–water partition coefficient (Wildman–Crippen LogP) is 3.74. The molecule has 2 heterocycles. The van der Waals surface area contributed by atoms with E-state index in [0.29, 0.717) is 43.9 Å². The minimum Gasteiger partial charge on any atom is -0.383 e. The van der Waals surface area contributed by atoms with Crippen molar-refractivity contribution in [3.63, 3.8) is 0 Å². The number of fused-ring (bicyclic) bond motifs is 2. The number of ether oxygens (including phenoxy) is 1. The molecule has 186 valence electrons. The molecule has 7 heteroatoms. The summed E-state index contributed by atoms with van der Waals surface area (Å²) in [5.74, 6) is -0.329. The van der Waals surface area contributed by atoms with Crippen LogP contribution in [0.1, 0.15) is 43.1 Å². The number of hydrogen-bond donors (Lipinski definition) is 0. The smallest absolute Gasteiger partial charge is 0.256 e. The highest BCUT2D eigenvalue weighted by Gasteiger charge is 2.43. The van der Waals surface area contributed by atoms with Crippen LogP contribution >= 0.6 is 0 Å². The Morgan fingerprint density at radius 1 is 1.03 bits per heavy atom. The van der Waals surface area contributed by atoms with Crippen LogP contribution in [0.25, 0.3) is 11.1 Å². The molecular formula is C28H35N3O4. The number of nitrogens with zero attached hydrogens (tertiary/aromatic N) is 3. The molecule has 1 unspecified atom stereocenters. The highest BCUT2D eigenvalue weighted by molar-refractivity contribution is 6.12. The van der Waals surface area contributed by atoms with E-state index in [-0.39, 0.29) is 29.7 Å². The standard InChI is InChI=1S/C28H35N3O4/c1-19-6-8-20(9-7-19)21-10-11-23-22(16-21)26(33)30-13-12-29(25(32)17-28(2,3)4)18-24(30)27(34)31(23)14-15-35-5/h6-11,16,24H,12-15,17-18H2,1-5H3. The van der Waals surface area contributed by atoms with Crippen molar-refractivity contribution in [3.05, 3.63) is 53.6 Å². The summed E-state index contributed by atoms with van der Waals surface area (Å²) in [6.45, 7) is 9.76. The van der Waals surface area contributed by atoms with Gasteiger partial charge < -0.3 is 19.4 Å². The maximum Gasteiger partial charge on any atom is 0.256 e. The number of piperazine rings is 1.